The van der Waals surface area contributed by atoms with Crippen molar-refractivity contribution in [2.24, 2.45) is 0 Å². The molecular weight excluding hydrogens is 309 g/mol. The Morgan fingerprint density at radius 1 is 1.32 bits per heavy atom. The van der Waals surface area contributed by atoms with E-state index < -0.39 is 0 Å². The standard InChI is InChI=1S/C15H19BrFNO/c1-5-18-8-11-13(15(2,3)4)12-10(17)7-6-9(16)14(12)19-11/h6-7,18H,5,8H2,1-4H3. The van der Waals surface area contributed by atoms with Crippen LogP contribution in [0.25, 0.3) is 11.0 Å². The summed E-state index contributed by atoms with van der Waals surface area (Å²) in [5, 5.41) is 3.84. The summed E-state index contributed by atoms with van der Waals surface area (Å²) in [6, 6.07) is 3.17. The van der Waals surface area contributed by atoms with Crippen LogP contribution in [0.2, 0.25) is 0 Å². The number of rotatable bonds is 3. The molecule has 2 nitrogen and oxygen atoms in total. The topological polar surface area (TPSA) is 25.2 Å². The molecule has 0 atom stereocenters. The van der Waals surface area contributed by atoms with Gasteiger partial charge in [0.15, 0.2) is 5.58 Å². The van der Waals surface area contributed by atoms with E-state index in [2.05, 4.69) is 42.0 Å². The summed E-state index contributed by atoms with van der Waals surface area (Å²) in [5.41, 5.74) is 1.37. The lowest BCUT2D eigenvalue weighted by molar-refractivity contribution is 0.486. The molecule has 0 saturated heterocycles. The highest BCUT2D eigenvalue weighted by Crippen LogP contribution is 2.39. The number of nitrogens with one attached hydrogen (secondary N) is 1. The average Bonchev–Trinajstić information content (AvgIpc) is 2.71. The first-order valence-electron chi connectivity index (χ1n) is 6.46. The summed E-state index contributed by atoms with van der Waals surface area (Å²) in [7, 11) is 0. The summed E-state index contributed by atoms with van der Waals surface area (Å²) >= 11 is 3.43. The molecule has 19 heavy (non-hydrogen) atoms. The largest absolute Gasteiger partial charge is 0.458 e. The van der Waals surface area contributed by atoms with Crippen molar-refractivity contribution in [3.05, 3.63) is 33.7 Å². The van der Waals surface area contributed by atoms with E-state index in [0.29, 0.717) is 17.5 Å². The highest BCUT2D eigenvalue weighted by molar-refractivity contribution is 9.10. The zero-order valence-corrected chi connectivity index (χ0v) is 13.3. The summed E-state index contributed by atoms with van der Waals surface area (Å²) in [6.45, 7) is 9.73. The van der Waals surface area contributed by atoms with Crippen LogP contribution in [-0.4, -0.2) is 6.54 Å². The minimum absolute atomic E-state index is 0.169. The maximum Gasteiger partial charge on any atom is 0.151 e. The monoisotopic (exact) mass is 327 g/mol. The fourth-order valence-electron chi connectivity index (χ4n) is 2.34. The second-order valence-electron chi connectivity index (χ2n) is 5.66. The zero-order valence-electron chi connectivity index (χ0n) is 11.7. The molecule has 1 N–H and O–H groups in total. The van der Waals surface area contributed by atoms with Crippen molar-refractivity contribution in [3.8, 4) is 0 Å². The van der Waals surface area contributed by atoms with Crippen molar-refractivity contribution in [3.63, 3.8) is 0 Å². The Kier molecular flexibility index (Phi) is 4.02. The molecule has 1 heterocycles. The van der Waals surface area contributed by atoms with Crippen LogP contribution in [0, 0.1) is 5.82 Å². The van der Waals surface area contributed by atoms with E-state index in [-0.39, 0.29) is 11.2 Å². The molecule has 0 radical (unpaired) electrons. The molecule has 2 rings (SSSR count). The number of fused-ring (bicyclic) bond motifs is 1. The number of hydrogen-bond acceptors (Lipinski definition) is 2. The number of furan rings is 1. The third-order valence-corrected chi connectivity index (χ3v) is 3.72. The quantitative estimate of drug-likeness (QED) is 0.880. The van der Waals surface area contributed by atoms with Crippen molar-refractivity contribution in [1.29, 1.82) is 0 Å². The van der Waals surface area contributed by atoms with Gasteiger partial charge in [-0.1, -0.05) is 27.7 Å². The fourth-order valence-corrected chi connectivity index (χ4v) is 2.75. The maximum absolute atomic E-state index is 14.2. The van der Waals surface area contributed by atoms with Crippen LogP contribution in [0.5, 0.6) is 0 Å². The highest BCUT2D eigenvalue weighted by atomic mass is 79.9. The molecule has 0 amide bonds. The Hall–Kier alpha value is -0.870. The Balaban J connectivity index is 2.74. The molecular formula is C15H19BrFNO. The van der Waals surface area contributed by atoms with Gasteiger partial charge < -0.3 is 9.73 Å². The van der Waals surface area contributed by atoms with E-state index in [1.165, 1.54) is 6.07 Å². The number of benzene rings is 1. The van der Waals surface area contributed by atoms with E-state index in [1.54, 1.807) is 6.07 Å². The van der Waals surface area contributed by atoms with Crippen LogP contribution in [0.15, 0.2) is 21.0 Å². The van der Waals surface area contributed by atoms with Crippen molar-refractivity contribution in [1.82, 2.24) is 5.32 Å². The smallest absolute Gasteiger partial charge is 0.151 e. The molecule has 1 aromatic heterocycles. The van der Waals surface area contributed by atoms with Crippen LogP contribution in [0.3, 0.4) is 0 Å². The van der Waals surface area contributed by atoms with Gasteiger partial charge in [0.25, 0.3) is 0 Å². The summed E-state index contributed by atoms with van der Waals surface area (Å²) in [5.74, 6) is 0.588. The van der Waals surface area contributed by atoms with Crippen molar-refractivity contribution >= 4 is 26.9 Å². The first-order chi connectivity index (χ1) is 8.86. The Morgan fingerprint density at radius 3 is 2.58 bits per heavy atom. The van der Waals surface area contributed by atoms with Crippen LogP contribution in [0.1, 0.15) is 39.0 Å². The highest BCUT2D eigenvalue weighted by Gasteiger charge is 2.27. The van der Waals surface area contributed by atoms with E-state index in [0.717, 1.165) is 22.3 Å². The van der Waals surface area contributed by atoms with Crippen molar-refractivity contribution in [2.75, 3.05) is 6.54 Å². The predicted octanol–water partition coefficient (Wildman–Crippen LogP) is 4.74. The molecule has 0 saturated carbocycles. The van der Waals surface area contributed by atoms with Gasteiger partial charge in [-0.3, -0.25) is 0 Å². The molecule has 4 heteroatoms. The summed E-state index contributed by atoms with van der Waals surface area (Å²) in [6.07, 6.45) is 0. The second kappa shape index (κ2) is 5.25. The first-order valence-corrected chi connectivity index (χ1v) is 7.26. The third kappa shape index (κ3) is 2.70. The molecule has 104 valence electrons. The van der Waals surface area contributed by atoms with Crippen LogP contribution in [0.4, 0.5) is 4.39 Å². The Morgan fingerprint density at radius 2 is 2.00 bits per heavy atom. The van der Waals surface area contributed by atoms with Gasteiger partial charge in [0, 0.05) is 5.56 Å². The van der Waals surface area contributed by atoms with Crippen LogP contribution >= 0.6 is 15.9 Å². The molecule has 0 aliphatic carbocycles. The maximum atomic E-state index is 14.2. The van der Waals surface area contributed by atoms with Crippen molar-refractivity contribution < 1.29 is 8.81 Å². The lowest BCUT2D eigenvalue weighted by atomic mass is 9.84. The SMILES string of the molecule is CCNCc1oc2c(Br)ccc(F)c2c1C(C)(C)C. The van der Waals surface area contributed by atoms with Crippen LogP contribution < -0.4 is 5.32 Å². The predicted molar refractivity (Wildman–Crippen MR) is 80.0 cm³/mol. The van der Waals surface area contributed by atoms with E-state index in [4.69, 9.17) is 4.42 Å². The molecule has 2 aromatic rings. The molecule has 1 aromatic carbocycles. The van der Waals surface area contributed by atoms with Gasteiger partial charge in [-0.15, -0.1) is 0 Å². The van der Waals surface area contributed by atoms with E-state index in [9.17, 15) is 4.39 Å². The number of halogens is 2. The lowest BCUT2D eigenvalue weighted by Crippen LogP contribution is -2.18. The van der Waals surface area contributed by atoms with E-state index >= 15 is 0 Å². The van der Waals surface area contributed by atoms with Gasteiger partial charge in [0.05, 0.1) is 16.4 Å². The van der Waals surface area contributed by atoms with Gasteiger partial charge >= 0.3 is 0 Å². The molecule has 0 bridgehead atoms. The zero-order chi connectivity index (χ0) is 14.2. The van der Waals surface area contributed by atoms with Gasteiger partial charge in [0.2, 0.25) is 0 Å². The second-order valence-corrected chi connectivity index (χ2v) is 6.52. The van der Waals surface area contributed by atoms with Gasteiger partial charge in [-0.05, 0) is 40.0 Å². The average molecular weight is 328 g/mol. The summed E-state index contributed by atoms with van der Waals surface area (Å²) in [4.78, 5) is 0. The molecule has 0 unspecified atom stereocenters. The fraction of sp³-hybridized carbons (Fsp3) is 0.467. The Labute approximate surface area is 121 Å². The third-order valence-electron chi connectivity index (χ3n) is 3.10. The minimum atomic E-state index is -0.227. The molecule has 0 spiro atoms. The molecule has 0 aliphatic heterocycles. The van der Waals surface area contributed by atoms with Crippen LogP contribution in [-0.2, 0) is 12.0 Å². The lowest BCUT2D eigenvalue weighted by Gasteiger charge is -2.19. The van der Waals surface area contributed by atoms with Gasteiger partial charge in [0.1, 0.15) is 11.6 Å². The minimum Gasteiger partial charge on any atom is -0.458 e. The van der Waals surface area contributed by atoms with Gasteiger partial charge in [-0.25, -0.2) is 4.39 Å². The van der Waals surface area contributed by atoms with Gasteiger partial charge in [-0.2, -0.15) is 0 Å². The summed E-state index contributed by atoms with van der Waals surface area (Å²) < 4.78 is 20.9. The molecule has 0 aliphatic rings. The van der Waals surface area contributed by atoms with E-state index in [1.807, 2.05) is 6.92 Å². The normalized spacial score (nSPS) is 12.3. The first kappa shape index (κ1) is 14.5. The molecule has 0 fully saturated rings. The number of hydrogen-bond donors (Lipinski definition) is 1. The van der Waals surface area contributed by atoms with Crippen molar-refractivity contribution in [2.45, 2.75) is 39.7 Å². The Bertz CT molecular complexity index is 598.